The lowest BCUT2D eigenvalue weighted by Crippen LogP contribution is -2.54. The first kappa shape index (κ1) is 11.5. The summed E-state index contributed by atoms with van der Waals surface area (Å²) in [6, 6.07) is -0.0126. The molecule has 3 heteroatoms. The van der Waals surface area contributed by atoms with Crippen molar-refractivity contribution in [2.45, 2.75) is 31.4 Å². The van der Waals surface area contributed by atoms with Crippen LogP contribution in [-0.2, 0) is 9.47 Å². The van der Waals surface area contributed by atoms with Crippen molar-refractivity contribution in [3.8, 4) is 12.3 Å². The number of rotatable bonds is 4. The molecule has 1 atom stereocenters. The Kier molecular flexibility index (Phi) is 4.40. The van der Waals surface area contributed by atoms with E-state index in [-0.39, 0.29) is 11.6 Å². The molecule has 0 aliphatic carbocycles. The van der Waals surface area contributed by atoms with E-state index in [0.29, 0.717) is 0 Å². The molecule has 0 aromatic rings. The van der Waals surface area contributed by atoms with Crippen LogP contribution in [0.4, 0.5) is 0 Å². The number of hydrogen-bond donors (Lipinski definition) is 1. The van der Waals surface area contributed by atoms with Gasteiger partial charge in [0.2, 0.25) is 0 Å². The number of terminal acetylenes is 1. The second-order valence-electron chi connectivity index (χ2n) is 3.54. The molecule has 3 nitrogen and oxygen atoms in total. The largest absolute Gasteiger partial charge is 0.381 e. The molecule has 0 amide bonds. The van der Waals surface area contributed by atoms with E-state index in [2.05, 4.69) is 11.2 Å². The van der Waals surface area contributed by atoms with Crippen LogP contribution in [-0.4, -0.2) is 38.5 Å². The third-order valence-corrected chi connectivity index (χ3v) is 2.85. The van der Waals surface area contributed by atoms with E-state index >= 15 is 0 Å². The highest BCUT2D eigenvalue weighted by atomic mass is 16.5. The molecule has 1 fully saturated rings. The van der Waals surface area contributed by atoms with Crippen molar-refractivity contribution in [3.05, 3.63) is 0 Å². The Balaban J connectivity index is 2.70. The topological polar surface area (TPSA) is 30.5 Å². The lowest BCUT2D eigenvalue weighted by molar-refractivity contribution is -0.0996. The lowest BCUT2D eigenvalue weighted by atomic mass is 9.86. The number of likely N-dealkylation sites (N-methyl/N-ethyl adjacent to an activating group) is 1. The Bertz CT molecular complexity index is 204. The smallest absolute Gasteiger partial charge is 0.0986 e. The Morgan fingerprint density at radius 3 is 2.64 bits per heavy atom. The van der Waals surface area contributed by atoms with Crippen LogP contribution in [0.15, 0.2) is 0 Å². The van der Waals surface area contributed by atoms with Gasteiger partial charge in [0.15, 0.2) is 0 Å². The molecule has 14 heavy (non-hydrogen) atoms. The van der Waals surface area contributed by atoms with Gasteiger partial charge in [-0.2, -0.15) is 0 Å². The zero-order valence-electron chi connectivity index (χ0n) is 9.01. The molecule has 1 saturated heterocycles. The van der Waals surface area contributed by atoms with Crippen molar-refractivity contribution in [2.24, 2.45) is 0 Å². The van der Waals surface area contributed by atoms with E-state index in [4.69, 9.17) is 15.9 Å². The summed E-state index contributed by atoms with van der Waals surface area (Å²) in [6.45, 7) is 4.38. The highest BCUT2D eigenvalue weighted by Crippen LogP contribution is 2.27. The Morgan fingerprint density at radius 2 is 2.21 bits per heavy atom. The van der Waals surface area contributed by atoms with Gasteiger partial charge >= 0.3 is 0 Å². The van der Waals surface area contributed by atoms with Gasteiger partial charge in [-0.15, -0.1) is 6.42 Å². The second-order valence-corrected chi connectivity index (χ2v) is 3.54. The summed E-state index contributed by atoms with van der Waals surface area (Å²) < 4.78 is 10.9. The number of methoxy groups -OCH3 is 1. The molecule has 0 bridgehead atoms. The number of hydrogen-bond acceptors (Lipinski definition) is 3. The molecule has 1 rings (SSSR count). The van der Waals surface area contributed by atoms with Crippen molar-refractivity contribution in [1.29, 1.82) is 0 Å². The summed E-state index contributed by atoms with van der Waals surface area (Å²) in [5.41, 5.74) is -0.233. The van der Waals surface area contributed by atoms with Crippen LogP contribution >= 0.6 is 0 Å². The van der Waals surface area contributed by atoms with Crippen molar-refractivity contribution >= 4 is 0 Å². The molecule has 1 heterocycles. The second kappa shape index (κ2) is 5.35. The molecule has 0 saturated carbocycles. The van der Waals surface area contributed by atoms with Gasteiger partial charge in [0.1, 0.15) is 0 Å². The first-order valence-electron chi connectivity index (χ1n) is 5.11. The monoisotopic (exact) mass is 197 g/mol. The molecule has 0 radical (unpaired) electrons. The summed E-state index contributed by atoms with van der Waals surface area (Å²) in [4.78, 5) is 0. The summed E-state index contributed by atoms with van der Waals surface area (Å²) in [5, 5.41) is 3.28. The van der Waals surface area contributed by atoms with Crippen LogP contribution in [0.5, 0.6) is 0 Å². The number of ether oxygens (including phenoxy) is 2. The molecule has 1 N–H and O–H groups in total. The summed E-state index contributed by atoms with van der Waals surface area (Å²) in [6.07, 6.45) is 7.25. The van der Waals surface area contributed by atoms with Gasteiger partial charge in [0, 0.05) is 33.2 Å². The third kappa shape index (κ3) is 2.27. The molecule has 0 spiro atoms. The lowest BCUT2D eigenvalue weighted by Gasteiger charge is -2.40. The van der Waals surface area contributed by atoms with Crippen LogP contribution in [0.25, 0.3) is 0 Å². The fourth-order valence-corrected chi connectivity index (χ4v) is 1.93. The summed E-state index contributed by atoms with van der Waals surface area (Å²) in [5.74, 6) is 2.77. The van der Waals surface area contributed by atoms with Crippen molar-refractivity contribution < 1.29 is 9.47 Å². The van der Waals surface area contributed by atoms with Crippen LogP contribution in [0.1, 0.15) is 19.8 Å². The molecule has 1 aliphatic rings. The van der Waals surface area contributed by atoms with Gasteiger partial charge in [-0.1, -0.05) is 12.8 Å². The highest BCUT2D eigenvalue weighted by Gasteiger charge is 2.39. The average molecular weight is 197 g/mol. The molecule has 1 aliphatic heterocycles. The van der Waals surface area contributed by atoms with E-state index in [1.807, 2.05) is 6.92 Å². The zero-order chi connectivity index (χ0) is 10.4. The first-order valence-corrected chi connectivity index (χ1v) is 5.11. The molecule has 80 valence electrons. The van der Waals surface area contributed by atoms with Gasteiger partial charge in [-0.25, -0.2) is 0 Å². The van der Waals surface area contributed by atoms with Crippen molar-refractivity contribution in [2.75, 3.05) is 26.9 Å². The van der Waals surface area contributed by atoms with Crippen LogP contribution in [0, 0.1) is 12.3 Å². The van der Waals surface area contributed by atoms with Gasteiger partial charge in [0.25, 0.3) is 0 Å². The van der Waals surface area contributed by atoms with Crippen molar-refractivity contribution in [3.63, 3.8) is 0 Å². The fourth-order valence-electron chi connectivity index (χ4n) is 1.93. The van der Waals surface area contributed by atoms with Gasteiger partial charge < -0.3 is 14.8 Å². The maximum atomic E-state index is 5.60. The standard InChI is InChI=1S/C11H19NO2/c1-4-10(12-5-2)11(13-3)6-8-14-9-7-11/h1,10,12H,5-9H2,2-3H3. The Morgan fingerprint density at radius 1 is 1.57 bits per heavy atom. The van der Waals surface area contributed by atoms with Crippen LogP contribution in [0.2, 0.25) is 0 Å². The first-order chi connectivity index (χ1) is 6.79. The van der Waals surface area contributed by atoms with E-state index in [0.717, 1.165) is 32.6 Å². The van der Waals surface area contributed by atoms with Gasteiger partial charge in [-0.3, -0.25) is 0 Å². The summed E-state index contributed by atoms with van der Waals surface area (Å²) in [7, 11) is 1.73. The minimum atomic E-state index is -0.233. The van der Waals surface area contributed by atoms with Gasteiger partial charge in [0.05, 0.1) is 11.6 Å². The SMILES string of the molecule is C#CC(NCC)C1(OC)CCOCC1. The maximum absolute atomic E-state index is 5.60. The molecule has 0 aromatic carbocycles. The van der Waals surface area contributed by atoms with Crippen LogP contribution in [0.3, 0.4) is 0 Å². The van der Waals surface area contributed by atoms with E-state index < -0.39 is 0 Å². The predicted molar refractivity (Wildman–Crippen MR) is 56.1 cm³/mol. The third-order valence-electron chi connectivity index (χ3n) is 2.85. The minimum Gasteiger partial charge on any atom is -0.381 e. The van der Waals surface area contributed by atoms with Crippen LogP contribution < -0.4 is 5.32 Å². The quantitative estimate of drug-likeness (QED) is 0.676. The van der Waals surface area contributed by atoms with Crippen molar-refractivity contribution in [1.82, 2.24) is 5.32 Å². The fraction of sp³-hybridized carbons (Fsp3) is 0.818. The Hall–Kier alpha value is -0.560. The minimum absolute atomic E-state index is 0.0126. The normalized spacial score (nSPS) is 22.6. The molecular formula is C11H19NO2. The summed E-state index contributed by atoms with van der Waals surface area (Å²) >= 11 is 0. The van der Waals surface area contributed by atoms with Gasteiger partial charge in [-0.05, 0) is 6.54 Å². The molecular weight excluding hydrogens is 178 g/mol. The highest BCUT2D eigenvalue weighted by molar-refractivity contribution is 5.11. The molecule has 1 unspecified atom stereocenters. The maximum Gasteiger partial charge on any atom is 0.0986 e. The zero-order valence-corrected chi connectivity index (χ0v) is 9.01. The average Bonchev–Trinajstić information content (AvgIpc) is 2.27. The Labute approximate surface area is 86.2 Å². The van der Waals surface area contributed by atoms with E-state index in [1.165, 1.54) is 0 Å². The van der Waals surface area contributed by atoms with E-state index in [9.17, 15) is 0 Å². The molecule has 0 aromatic heterocycles. The number of nitrogens with one attached hydrogen (secondary N) is 1. The predicted octanol–water partition coefficient (Wildman–Crippen LogP) is 0.793. The van der Waals surface area contributed by atoms with E-state index in [1.54, 1.807) is 7.11 Å².